The van der Waals surface area contributed by atoms with E-state index >= 15 is 0 Å². The molecule has 96 valence electrons. The van der Waals surface area contributed by atoms with Crippen molar-refractivity contribution in [3.8, 4) is 5.75 Å². The van der Waals surface area contributed by atoms with E-state index in [0.29, 0.717) is 13.2 Å². The second-order valence-electron chi connectivity index (χ2n) is 3.91. The Bertz CT molecular complexity index is 485. The van der Waals surface area contributed by atoms with Gasteiger partial charge in [-0.2, -0.15) is 5.10 Å². The Kier molecular flexibility index (Phi) is 4.78. The van der Waals surface area contributed by atoms with Crippen LogP contribution in [0.2, 0.25) is 0 Å². The number of ether oxygens (including phenoxy) is 1. The summed E-state index contributed by atoms with van der Waals surface area (Å²) in [4.78, 5) is 0. The van der Waals surface area contributed by atoms with Crippen LogP contribution in [0.15, 0.2) is 41.1 Å². The number of nitrogens with zero attached hydrogens (tertiary/aromatic N) is 2. The summed E-state index contributed by atoms with van der Waals surface area (Å²) in [7, 11) is 0. The predicted octanol–water partition coefficient (Wildman–Crippen LogP) is 2.23. The van der Waals surface area contributed by atoms with Crippen molar-refractivity contribution in [3.63, 3.8) is 0 Å². The summed E-state index contributed by atoms with van der Waals surface area (Å²) >= 11 is 3.51. The minimum Gasteiger partial charge on any atom is -0.492 e. The van der Waals surface area contributed by atoms with Crippen molar-refractivity contribution in [2.75, 3.05) is 13.2 Å². The molecule has 5 heteroatoms. The average Bonchev–Trinajstić information content (AvgIpc) is 2.87. The Hall–Kier alpha value is -1.33. The maximum atomic E-state index is 5.70. The molecule has 0 radical (unpaired) electrons. The molecule has 2 rings (SSSR count). The van der Waals surface area contributed by atoms with Gasteiger partial charge in [0, 0.05) is 16.9 Å². The van der Waals surface area contributed by atoms with E-state index in [9.17, 15) is 0 Å². The van der Waals surface area contributed by atoms with Gasteiger partial charge in [0.2, 0.25) is 0 Å². The normalized spacial score (nSPS) is 10.6. The van der Waals surface area contributed by atoms with E-state index in [4.69, 9.17) is 10.5 Å². The Balaban J connectivity index is 1.90. The number of benzene rings is 1. The van der Waals surface area contributed by atoms with Crippen LogP contribution in [0.3, 0.4) is 0 Å². The van der Waals surface area contributed by atoms with Crippen LogP contribution in [0.1, 0.15) is 5.56 Å². The Labute approximate surface area is 115 Å². The maximum Gasteiger partial charge on any atom is 0.119 e. The molecule has 1 aromatic carbocycles. The SMILES string of the molecule is NCCc1cc(OCCn2cccn2)ccc1Br. The van der Waals surface area contributed by atoms with Gasteiger partial charge in [-0.25, -0.2) is 0 Å². The predicted molar refractivity (Wildman–Crippen MR) is 74.6 cm³/mol. The van der Waals surface area contributed by atoms with Gasteiger partial charge in [-0.3, -0.25) is 4.68 Å². The molecule has 1 heterocycles. The lowest BCUT2D eigenvalue weighted by atomic mass is 10.1. The third-order valence-corrected chi connectivity index (χ3v) is 3.35. The van der Waals surface area contributed by atoms with Crippen molar-refractivity contribution in [2.24, 2.45) is 5.73 Å². The van der Waals surface area contributed by atoms with Gasteiger partial charge in [0.1, 0.15) is 12.4 Å². The van der Waals surface area contributed by atoms with Gasteiger partial charge >= 0.3 is 0 Å². The van der Waals surface area contributed by atoms with Gasteiger partial charge in [0.25, 0.3) is 0 Å². The lowest BCUT2D eigenvalue weighted by Crippen LogP contribution is -2.09. The van der Waals surface area contributed by atoms with Gasteiger partial charge in [-0.05, 0) is 42.8 Å². The number of hydrogen-bond acceptors (Lipinski definition) is 3. The summed E-state index contributed by atoms with van der Waals surface area (Å²) < 4.78 is 8.62. The summed E-state index contributed by atoms with van der Waals surface area (Å²) in [6.45, 7) is 1.98. The average molecular weight is 310 g/mol. The number of aromatic nitrogens is 2. The molecule has 0 fully saturated rings. The topological polar surface area (TPSA) is 53.1 Å². The molecule has 18 heavy (non-hydrogen) atoms. The molecule has 0 amide bonds. The minimum absolute atomic E-state index is 0.603. The van der Waals surface area contributed by atoms with E-state index in [0.717, 1.165) is 23.2 Å². The number of hydrogen-bond donors (Lipinski definition) is 1. The number of halogens is 1. The summed E-state index contributed by atoms with van der Waals surface area (Å²) in [5.74, 6) is 0.869. The molecule has 2 N–H and O–H groups in total. The molecule has 0 aliphatic heterocycles. The van der Waals surface area contributed by atoms with Crippen LogP contribution in [-0.2, 0) is 13.0 Å². The van der Waals surface area contributed by atoms with E-state index in [1.165, 1.54) is 5.56 Å². The Morgan fingerprint density at radius 1 is 1.39 bits per heavy atom. The van der Waals surface area contributed by atoms with E-state index in [-0.39, 0.29) is 0 Å². The molecule has 0 unspecified atom stereocenters. The van der Waals surface area contributed by atoms with Crippen LogP contribution < -0.4 is 10.5 Å². The van der Waals surface area contributed by atoms with E-state index in [1.807, 2.05) is 35.1 Å². The summed E-state index contributed by atoms with van der Waals surface area (Å²) in [5.41, 5.74) is 6.75. The van der Waals surface area contributed by atoms with Crippen LogP contribution in [-0.4, -0.2) is 22.9 Å². The lowest BCUT2D eigenvalue weighted by Gasteiger charge is -2.09. The molecule has 0 aliphatic carbocycles. The third-order valence-electron chi connectivity index (χ3n) is 2.58. The van der Waals surface area contributed by atoms with Gasteiger partial charge in [-0.15, -0.1) is 0 Å². The van der Waals surface area contributed by atoms with Gasteiger partial charge in [0.15, 0.2) is 0 Å². The lowest BCUT2D eigenvalue weighted by molar-refractivity contribution is 0.291. The fraction of sp³-hybridized carbons (Fsp3) is 0.308. The van der Waals surface area contributed by atoms with Crippen molar-refractivity contribution in [1.29, 1.82) is 0 Å². The van der Waals surface area contributed by atoms with Crippen molar-refractivity contribution in [3.05, 3.63) is 46.7 Å². The molecule has 0 spiro atoms. The summed E-state index contributed by atoms with van der Waals surface area (Å²) in [6, 6.07) is 7.88. The third kappa shape index (κ3) is 3.58. The highest BCUT2D eigenvalue weighted by Crippen LogP contribution is 2.22. The van der Waals surface area contributed by atoms with Gasteiger partial charge in [-0.1, -0.05) is 15.9 Å². The largest absolute Gasteiger partial charge is 0.492 e. The zero-order valence-corrected chi connectivity index (χ0v) is 11.6. The van der Waals surface area contributed by atoms with Gasteiger partial charge < -0.3 is 10.5 Å². The molecular weight excluding hydrogens is 294 g/mol. The molecule has 1 aromatic heterocycles. The first-order chi connectivity index (χ1) is 8.79. The van der Waals surface area contributed by atoms with Crippen molar-refractivity contribution < 1.29 is 4.74 Å². The highest BCUT2D eigenvalue weighted by molar-refractivity contribution is 9.10. The summed E-state index contributed by atoms with van der Waals surface area (Å²) in [6.07, 6.45) is 4.53. The fourth-order valence-corrected chi connectivity index (χ4v) is 2.12. The highest BCUT2D eigenvalue weighted by Gasteiger charge is 2.02. The first-order valence-electron chi connectivity index (χ1n) is 5.88. The van der Waals surface area contributed by atoms with Crippen molar-refractivity contribution in [1.82, 2.24) is 9.78 Å². The fourth-order valence-electron chi connectivity index (χ4n) is 1.68. The van der Waals surface area contributed by atoms with E-state index in [2.05, 4.69) is 21.0 Å². The molecule has 0 aliphatic rings. The molecular formula is C13H16BrN3O. The molecule has 0 saturated heterocycles. The first kappa shape index (κ1) is 13.1. The standard InChI is InChI=1S/C13H16BrN3O/c14-13-3-2-12(10-11(13)4-5-15)18-9-8-17-7-1-6-16-17/h1-3,6-7,10H,4-5,8-9,15H2. The molecule has 0 saturated carbocycles. The Morgan fingerprint density at radius 2 is 2.28 bits per heavy atom. The zero-order chi connectivity index (χ0) is 12.8. The van der Waals surface area contributed by atoms with Crippen LogP contribution in [0, 0.1) is 0 Å². The highest BCUT2D eigenvalue weighted by atomic mass is 79.9. The van der Waals surface area contributed by atoms with Crippen LogP contribution in [0.4, 0.5) is 0 Å². The molecule has 0 bridgehead atoms. The monoisotopic (exact) mass is 309 g/mol. The second-order valence-corrected chi connectivity index (χ2v) is 4.76. The minimum atomic E-state index is 0.603. The van der Waals surface area contributed by atoms with Crippen molar-refractivity contribution in [2.45, 2.75) is 13.0 Å². The van der Waals surface area contributed by atoms with Crippen LogP contribution >= 0.6 is 15.9 Å². The Morgan fingerprint density at radius 3 is 3.00 bits per heavy atom. The van der Waals surface area contributed by atoms with Crippen LogP contribution in [0.5, 0.6) is 5.75 Å². The van der Waals surface area contributed by atoms with Crippen LogP contribution in [0.25, 0.3) is 0 Å². The van der Waals surface area contributed by atoms with E-state index in [1.54, 1.807) is 6.20 Å². The second kappa shape index (κ2) is 6.56. The quantitative estimate of drug-likeness (QED) is 0.890. The molecule has 0 atom stereocenters. The molecule has 4 nitrogen and oxygen atoms in total. The summed E-state index contributed by atoms with van der Waals surface area (Å²) in [5, 5.41) is 4.12. The van der Waals surface area contributed by atoms with Crippen molar-refractivity contribution >= 4 is 15.9 Å². The van der Waals surface area contributed by atoms with E-state index < -0.39 is 0 Å². The zero-order valence-electron chi connectivity index (χ0n) is 10.1. The molecule has 2 aromatic rings. The first-order valence-corrected chi connectivity index (χ1v) is 6.67. The van der Waals surface area contributed by atoms with Gasteiger partial charge in [0.05, 0.1) is 6.54 Å². The number of nitrogens with two attached hydrogens (primary N) is 1. The maximum absolute atomic E-state index is 5.70. The number of rotatable bonds is 6. The smallest absolute Gasteiger partial charge is 0.119 e.